The van der Waals surface area contributed by atoms with Crippen molar-refractivity contribution >= 4 is 85.5 Å². The van der Waals surface area contributed by atoms with Crippen LogP contribution < -0.4 is 10.2 Å². The SMILES string of the molecule is CSc1nc(N2CCCC2)c2cc(C(=O)Nc3cc(Cl)c(Cl)cc3Cl)sc2n1. The van der Waals surface area contributed by atoms with Crippen LogP contribution in [0, 0.1) is 0 Å². The van der Waals surface area contributed by atoms with Crippen molar-refractivity contribution in [2.24, 2.45) is 0 Å². The van der Waals surface area contributed by atoms with Crippen molar-refractivity contribution in [3.63, 3.8) is 0 Å². The lowest BCUT2D eigenvalue weighted by Crippen LogP contribution is -2.19. The van der Waals surface area contributed by atoms with E-state index in [1.54, 1.807) is 6.07 Å². The third-order valence-electron chi connectivity index (χ3n) is 4.42. The Kier molecular flexibility index (Phi) is 5.90. The number of carbonyl (C=O) groups excluding carboxylic acids is 1. The van der Waals surface area contributed by atoms with Gasteiger partial charge < -0.3 is 10.2 Å². The largest absolute Gasteiger partial charge is 0.356 e. The summed E-state index contributed by atoms with van der Waals surface area (Å²) < 4.78 is 0. The molecule has 0 saturated carbocycles. The lowest BCUT2D eigenvalue weighted by Gasteiger charge is -2.17. The van der Waals surface area contributed by atoms with Crippen LogP contribution in [0.15, 0.2) is 23.4 Å². The first kappa shape index (κ1) is 20.0. The summed E-state index contributed by atoms with van der Waals surface area (Å²) in [6.07, 6.45) is 4.24. The Labute approximate surface area is 185 Å². The van der Waals surface area contributed by atoms with Crippen LogP contribution in [0.2, 0.25) is 15.1 Å². The van der Waals surface area contributed by atoms with Crippen LogP contribution in [-0.4, -0.2) is 35.2 Å². The zero-order valence-corrected chi connectivity index (χ0v) is 18.7. The van der Waals surface area contributed by atoms with E-state index in [2.05, 4.69) is 15.2 Å². The van der Waals surface area contributed by atoms with E-state index in [-0.39, 0.29) is 5.91 Å². The lowest BCUT2D eigenvalue weighted by atomic mass is 10.3. The summed E-state index contributed by atoms with van der Waals surface area (Å²) in [7, 11) is 0. The van der Waals surface area contributed by atoms with E-state index >= 15 is 0 Å². The molecule has 2 aromatic heterocycles. The Morgan fingerprint density at radius 3 is 2.54 bits per heavy atom. The van der Waals surface area contributed by atoms with Crippen LogP contribution in [0.25, 0.3) is 10.2 Å². The van der Waals surface area contributed by atoms with Gasteiger partial charge in [-0.2, -0.15) is 0 Å². The van der Waals surface area contributed by atoms with Gasteiger partial charge in [-0.25, -0.2) is 9.97 Å². The zero-order chi connectivity index (χ0) is 19.8. The summed E-state index contributed by atoms with van der Waals surface area (Å²) in [5.41, 5.74) is 0.411. The maximum absolute atomic E-state index is 12.8. The molecule has 1 saturated heterocycles. The molecule has 3 aromatic rings. The number of aromatic nitrogens is 2. The summed E-state index contributed by atoms with van der Waals surface area (Å²) in [4.78, 5) is 25.7. The number of hydrogen-bond donors (Lipinski definition) is 1. The number of nitrogens with one attached hydrogen (secondary N) is 1. The van der Waals surface area contributed by atoms with E-state index in [1.165, 1.54) is 29.2 Å². The van der Waals surface area contributed by atoms with E-state index in [0.29, 0.717) is 30.8 Å². The first-order valence-electron chi connectivity index (χ1n) is 8.52. The third-order valence-corrected chi connectivity index (χ3v) is 7.03. The Morgan fingerprint density at radius 1 is 1.11 bits per heavy atom. The molecule has 1 N–H and O–H groups in total. The molecule has 0 spiro atoms. The van der Waals surface area contributed by atoms with Gasteiger partial charge in [0.25, 0.3) is 5.91 Å². The normalized spacial score (nSPS) is 14.1. The number of nitrogens with zero attached hydrogens (tertiary/aromatic N) is 3. The van der Waals surface area contributed by atoms with Gasteiger partial charge in [0.1, 0.15) is 10.6 Å². The number of benzene rings is 1. The molecule has 28 heavy (non-hydrogen) atoms. The van der Waals surface area contributed by atoms with Crippen LogP contribution in [0.3, 0.4) is 0 Å². The van der Waals surface area contributed by atoms with Crippen LogP contribution in [0.1, 0.15) is 22.5 Å². The van der Waals surface area contributed by atoms with Crippen LogP contribution in [-0.2, 0) is 0 Å². The quantitative estimate of drug-likeness (QED) is 0.277. The van der Waals surface area contributed by atoms with Crippen LogP contribution >= 0.6 is 57.9 Å². The second kappa shape index (κ2) is 8.24. The average molecular weight is 474 g/mol. The summed E-state index contributed by atoms with van der Waals surface area (Å²) in [6.45, 7) is 1.94. The molecule has 0 aliphatic carbocycles. The minimum Gasteiger partial charge on any atom is -0.356 e. The van der Waals surface area contributed by atoms with Gasteiger partial charge in [0.05, 0.1) is 31.0 Å². The molecular weight excluding hydrogens is 459 g/mol. The van der Waals surface area contributed by atoms with Crippen LogP contribution in [0.4, 0.5) is 11.5 Å². The van der Waals surface area contributed by atoms with E-state index in [0.717, 1.165) is 42.0 Å². The van der Waals surface area contributed by atoms with Crippen molar-refractivity contribution < 1.29 is 4.79 Å². The average Bonchev–Trinajstić information content (AvgIpc) is 3.34. The molecule has 1 amide bonds. The number of thioether (sulfide) groups is 1. The maximum Gasteiger partial charge on any atom is 0.265 e. The number of thiophene rings is 1. The van der Waals surface area contributed by atoms with E-state index in [9.17, 15) is 4.79 Å². The molecule has 10 heteroatoms. The third kappa shape index (κ3) is 3.91. The molecule has 3 heterocycles. The monoisotopic (exact) mass is 472 g/mol. The highest BCUT2D eigenvalue weighted by Crippen LogP contribution is 2.36. The lowest BCUT2D eigenvalue weighted by molar-refractivity contribution is 0.103. The van der Waals surface area contributed by atoms with Gasteiger partial charge in [-0.05, 0) is 37.3 Å². The van der Waals surface area contributed by atoms with Crippen molar-refractivity contribution in [3.05, 3.63) is 38.1 Å². The minimum atomic E-state index is -0.277. The fourth-order valence-corrected chi connectivity index (χ4v) is 5.00. The molecular formula is C18H15Cl3N4OS2. The highest BCUT2D eigenvalue weighted by molar-refractivity contribution is 7.98. The molecule has 1 aliphatic heterocycles. The number of amides is 1. The number of carbonyl (C=O) groups is 1. The van der Waals surface area contributed by atoms with Crippen molar-refractivity contribution in [1.29, 1.82) is 0 Å². The molecule has 4 rings (SSSR count). The summed E-state index contributed by atoms with van der Waals surface area (Å²) in [6, 6.07) is 4.89. The Morgan fingerprint density at radius 2 is 1.82 bits per heavy atom. The number of anilines is 2. The highest BCUT2D eigenvalue weighted by atomic mass is 35.5. The topological polar surface area (TPSA) is 58.1 Å². The molecule has 0 atom stereocenters. The Bertz CT molecular complexity index is 1070. The number of rotatable bonds is 4. The highest BCUT2D eigenvalue weighted by Gasteiger charge is 2.22. The second-order valence-corrected chi connectivity index (χ2v) is 9.28. The first-order chi connectivity index (χ1) is 13.5. The van der Waals surface area contributed by atoms with Gasteiger partial charge in [-0.3, -0.25) is 4.79 Å². The van der Waals surface area contributed by atoms with Gasteiger partial charge >= 0.3 is 0 Å². The van der Waals surface area contributed by atoms with Gasteiger partial charge in [0.2, 0.25) is 0 Å². The molecule has 0 unspecified atom stereocenters. The summed E-state index contributed by atoms with van der Waals surface area (Å²) in [5, 5.41) is 5.39. The molecule has 0 bridgehead atoms. The molecule has 146 valence electrons. The molecule has 1 aromatic carbocycles. The van der Waals surface area contributed by atoms with E-state index in [1.807, 2.05) is 12.3 Å². The standard InChI is InChI=1S/C18H15Cl3N4OS2/c1-27-18-23-15(25-4-2-3-5-25)9-6-14(28-17(9)24-18)16(26)22-13-8-11(20)10(19)7-12(13)21/h6-8H,2-5H2,1H3,(H,22,26). The fraction of sp³-hybridized carbons (Fsp3) is 0.278. The van der Waals surface area contributed by atoms with E-state index in [4.69, 9.17) is 39.8 Å². The van der Waals surface area contributed by atoms with Crippen LogP contribution in [0.5, 0.6) is 0 Å². The van der Waals surface area contributed by atoms with E-state index < -0.39 is 0 Å². The molecule has 0 radical (unpaired) electrons. The van der Waals surface area contributed by atoms with Crippen molar-refractivity contribution in [3.8, 4) is 0 Å². The Balaban J connectivity index is 1.70. The minimum absolute atomic E-state index is 0.277. The van der Waals surface area contributed by atoms with Gasteiger partial charge in [0, 0.05) is 13.1 Å². The molecule has 5 nitrogen and oxygen atoms in total. The second-order valence-electron chi connectivity index (χ2n) is 6.26. The van der Waals surface area contributed by atoms with Crippen molar-refractivity contribution in [1.82, 2.24) is 9.97 Å². The number of hydrogen-bond acceptors (Lipinski definition) is 6. The molecule has 1 fully saturated rings. The number of fused-ring (bicyclic) bond motifs is 1. The summed E-state index contributed by atoms with van der Waals surface area (Å²) in [5.74, 6) is 0.621. The zero-order valence-electron chi connectivity index (χ0n) is 14.8. The molecule has 1 aliphatic rings. The Hall–Kier alpha value is -1.25. The van der Waals surface area contributed by atoms with Gasteiger partial charge in [0.15, 0.2) is 5.16 Å². The summed E-state index contributed by atoms with van der Waals surface area (Å²) >= 11 is 21.0. The predicted molar refractivity (Wildman–Crippen MR) is 120 cm³/mol. The van der Waals surface area contributed by atoms with Gasteiger partial charge in [-0.15, -0.1) is 11.3 Å². The number of halogens is 3. The van der Waals surface area contributed by atoms with Crippen molar-refractivity contribution in [2.45, 2.75) is 18.0 Å². The first-order valence-corrected chi connectivity index (χ1v) is 11.7. The predicted octanol–water partition coefficient (Wildman–Crippen LogP) is 6.23. The fourth-order valence-electron chi connectivity index (χ4n) is 3.06. The maximum atomic E-state index is 12.8. The van der Waals surface area contributed by atoms with Gasteiger partial charge in [-0.1, -0.05) is 46.6 Å². The smallest absolute Gasteiger partial charge is 0.265 e. The van der Waals surface area contributed by atoms with Crippen molar-refractivity contribution in [2.75, 3.05) is 29.6 Å².